The summed E-state index contributed by atoms with van der Waals surface area (Å²) in [5, 5.41) is 3.82. The first kappa shape index (κ1) is 15.7. The van der Waals surface area contributed by atoms with Gasteiger partial charge in [-0.25, -0.2) is 0 Å². The van der Waals surface area contributed by atoms with Crippen molar-refractivity contribution in [2.45, 2.75) is 51.1 Å². The number of morpholine rings is 1. The second kappa shape index (κ2) is 7.91. The van der Waals surface area contributed by atoms with Crippen molar-refractivity contribution < 1.29 is 4.74 Å². The SMILES string of the molecule is CC1CCCCC1NCCN1CCC(N2CCOCC2)C1. The molecular formula is C17H33N3O. The van der Waals surface area contributed by atoms with E-state index < -0.39 is 0 Å². The Morgan fingerprint density at radius 1 is 1.05 bits per heavy atom. The summed E-state index contributed by atoms with van der Waals surface area (Å²) in [6.07, 6.45) is 7.01. The summed E-state index contributed by atoms with van der Waals surface area (Å²) in [6, 6.07) is 1.55. The zero-order valence-corrected chi connectivity index (χ0v) is 13.7. The molecule has 2 aliphatic heterocycles. The molecule has 2 heterocycles. The van der Waals surface area contributed by atoms with Crippen LogP contribution < -0.4 is 5.32 Å². The number of likely N-dealkylation sites (tertiary alicyclic amines) is 1. The quantitative estimate of drug-likeness (QED) is 0.833. The van der Waals surface area contributed by atoms with Crippen LogP contribution in [0.15, 0.2) is 0 Å². The maximum atomic E-state index is 5.46. The topological polar surface area (TPSA) is 27.7 Å². The average Bonchev–Trinajstić information content (AvgIpc) is 2.99. The van der Waals surface area contributed by atoms with Gasteiger partial charge in [0.05, 0.1) is 13.2 Å². The zero-order chi connectivity index (χ0) is 14.5. The van der Waals surface area contributed by atoms with Crippen LogP contribution in [0.5, 0.6) is 0 Å². The van der Waals surface area contributed by atoms with Crippen molar-refractivity contribution in [3.63, 3.8) is 0 Å². The van der Waals surface area contributed by atoms with Gasteiger partial charge in [0.15, 0.2) is 0 Å². The van der Waals surface area contributed by atoms with Crippen molar-refractivity contribution in [1.29, 1.82) is 0 Å². The van der Waals surface area contributed by atoms with Crippen LogP contribution in [-0.4, -0.2) is 74.4 Å². The summed E-state index contributed by atoms with van der Waals surface area (Å²) in [7, 11) is 0. The Balaban J connectivity index is 1.33. The van der Waals surface area contributed by atoms with Gasteiger partial charge in [0.25, 0.3) is 0 Å². The van der Waals surface area contributed by atoms with E-state index in [1.54, 1.807) is 0 Å². The van der Waals surface area contributed by atoms with E-state index in [0.717, 1.165) is 44.3 Å². The van der Waals surface area contributed by atoms with Gasteiger partial charge >= 0.3 is 0 Å². The predicted octanol–water partition coefficient (Wildman–Crippen LogP) is 1.56. The van der Waals surface area contributed by atoms with Crippen molar-refractivity contribution in [2.75, 3.05) is 52.5 Å². The standard InChI is InChI=1S/C17H33N3O/c1-15-4-2-3-5-17(15)18-7-9-19-8-6-16(14-19)20-10-12-21-13-11-20/h15-18H,2-14H2,1H3. The van der Waals surface area contributed by atoms with E-state index in [9.17, 15) is 0 Å². The van der Waals surface area contributed by atoms with Gasteiger partial charge in [-0.1, -0.05) is 19.8 Å². The molecule has 1 saturated carbocycles. The zero-order valence-electron chi connectivity index (χ0n) is 13.7. The first-order chi connectivity index (χ1) is 10.3. The molecule has 21 heavy (non-hydrogen) atoms. The van der Waals surface area contributed by atoms with E-state index in [4.69, 9.17) is 4.74 Å². The lowest BCUT2D eigenvalue weighted by Crippen LogP contribution is -2.45. The molecule has 0 aromatic rings. The minimum atomic E-state index is 0.774. The van der Waals surface area contributed by atoms with Crippen LogP contribution in [0.2, 0.25) is 0 Å². The van der Waals surface area contributed by atoms with E-state index in [1.807, 2.05) is 0 Å². The summed E-state index contributed by atoms with van der Waals surface area (Å²) in [5.41, 5.74) is 0. The lowest BCUT2D eigenvalue weighted by molar-refractivity contribution is 0.0185. The maximum Gasteiger partial charge on any atom is 0.0594 e. The molecule has 3 unspecified atom stereocenters. The van der Waals surface area contributed by atoms with Gasteiger partial charge in [-0.05, 0) is 31.7 Å². The van der Waals surface area contributed by atoms with Crippen molar-refractivity contribution in [3.8, 4) is 0 Å². The van der Waals surface area contributed by atoms with Gasteiger partial charge in [-0.2, -0.15) is 0 Å². The molecule has 4 nitrogen and oxygen atoms in total. The normalized spacial score (nSPS) is 36.1. The number of hydrogen-bond donors (Lipinski definition) is 1. The monoisotopic (exact) mass is 295 g/mol. The van der Waals surface area contributed by atoms with Crippen molar-refractivity contribution >= 4 is 0 Å². The van der Waals surface area contributed by atoms with Crippen molar-refractivity contribution in [2.24, 2.45) is 5.92 Å². The van der Waals surface area contributed by atoms with E-state index in [-0.39, 0.29) is 0 Å². The highest BCUT2D eigenvalue weighted by Crippen LogP contribution is 2.23. The van der Waals surface area contributed by atoms with E-state index in [0.29, 0.717) is 0 Å². The molecule has 1 aliphatic carbocycles. The Hall–Kier alpha value is -0.160. The second-order valence-corrected chi connectivity index (χ2v) is 7.21. The largest absolute Gasteiger partial charge is 0.379 e. The molecule has 2 saturated heterocycles. The lowest BCUT2D eigenvalue weighted by Gasteiger charge is -2.32. The van der Waals surface area contributed by atoms with Crippen LogP contribution in [-0.2, 0) is 4.74 Å². The fraction of sp³-hybridized carbons (Fsp3) is 1.00. The van der Waals surface area contributed by atoms with Crippen molar-refractivity contribution in [3.05, 3.63) is 0 Å². The van der Waals surface area contributed by atoms with Gasteiger partial charge in [0, 0.05) is 44.8 Å². The summed E-state index contributed by atoms with van der Waals surface area (Å²) < 4.78 is 5.46. The Kier molecular flexibility index (Phi) is 5.92. The molecule has 4 heteroatoms. The van der Waals surface area contributed by atoms with Gasteiger partial charge in [-0.3, -0.25) is 4.90 Å². The first-order valence-electron chi connectivity index (χ1n) is 9.10. The predicted molar refractivity (Wildman–Crippen MR) is 86.7 cm³/mol. The highest BCUT2D eigenvalue weighted by molar-refractivity contribution is 4.85. The molecule has 0 bridgehead atoms. The number of ether oxygens (including phenoxy) is 1. The Morgan fingerprint density at radius 2 is 1.86 bits per heavy atom. The molecule has 3 rings (SSSR count). The van der Waals surface area contributed by atoms with Crippen LogP contribution in [0.1, 0.15) is 39.0 Å². The third kappa shape index (κ3) is 4.41. The van der Waals surface area contributed by atoms with Gasteiger partial charge in [-0.15, -0.1) is 0 Å². The van der Waals surface area contributed by atoms with Gasteiger partial charge in [0.2, 0.25) is 0 Å². The maximum absolute atomic E-state index is 5.46. The number of nitrogens with zero attached hydrogens (tertiary/aromatic N) is 2. The molecule has 3 fully saturated rings. The molecule has 0 radical (unpaired) electrons. The minimum absolute atomic E-state index is 0.774. The average molecular weight is 295 g/mol. The number of nitrogens with one attached hydrogen (secondary N) is 1. The van der Waals surface area contributed by atoms with Crippen LogP contribution in [0.4, 0.5) is 0 Å². The third-order valence-electron chi connectivity index (χ3n) is 5.76. The van der Waals surface area contributed by atoms with Crippen molar-refractivity contribution in [1.82, 2.24) is 15.1 Å². The van der Waals surface area contributed by atoms with Crippen LogP contribution >= 0.6 is 0 Å². The number of hydrogen-bond acceptors (Lipinski definition) is 4. The van der Waals surface area contributed by atoms with Crippen LogP contribution in [0.3, 0.4) is 0 Å². The molecule has 0 aromatic heterocycles. The fourth-order valence-corrected chi connectivity index (χ4v) is 4.28. The molecule has 0 spiro atoms. The molecule has 3 atom stereocenters. The third-order valence-corrected chi connectivity index (χ3v) is 5.76. The molecule has 0 amide bonds. The van der Waals surface area contributed by atoms with Gasteiger partial charge in [0.1, 0.15) is 0 Å². The Labute approximate surface area is 130 Å². The van der Waals surface area contributed by atoms with E-state index in [1.165, 1.54) is 58.3 Å². The number of rotatable bonds is 5. The van der Waals surface area contributed by atoms with E-state index >= 15 is 0 Å². The Bertz CT molecular complexity index is 306. The molecule has 3 aliphatic rings. The minimum Gasteiger partial charge on any atom is -0.379 e. The summed E-state index contributed by atoms with van der Waals surface area (Å²) >= 11 is 0. The van der Waals surface area contributed by atoms with Crippen LogP contribution in [0.25, 0.3) is 0 Å². The fourth-order valence-electron chi connectivity index (χ4n) is 4.28. The Morgan fingerprint density at radius 3 is 2.67 bits per heavy atom. The smallest absolute Gasteiger partial charge is 0.0594 e. The summed E-state index contributed by atoms with van der Waals surface area (Å²) in [4.78, 5) is 5.29. The van der Waals surface area contributed by atoms with E-state index in [2.05, 4.69) is 22.0 Å². The molecular weight excluding hydrogens is 262 g/mol. The molecule has 0 aromatic carbocycles. The first-order valence-corrected chi connectivity index (χ1v) is 9.10. The second-order valence-electron chi connectivity index (χ2n) is 7.21. The van der Waals surface area contributed by atoms with Crippen LogP contribution in [0, 0.1) is 5.92 Å². The highest BCUT2D eigenvalue weighted by atomic mass is 16.5. The molecule has 122 valence electrons. The lowest BCUT2D eigenvalue weighted by atomic mass is 9.86. The summed E-state index contributed by atoms with van der Waals surface area (Å²) in [6.45, 7) is 11.5. The molecule has 1 N–H and O–H groups in total. The summed E-state index contributed by atoms with van der Waals surface area (Å²) in [5.74, 6) is 0.874. The van der Waals surface area contributed by atoms with Gasteiger partial charge < -0.3 is 15.0 Å². The highest BCUT2D eigenvalue weighted by Gasteiger charge is 2.28.